The molecule has 0 aromatic heterocycles. The van der Waals surface area contributed by atoms with Gasteiger partial charge in [-0.3, -0.25) is 0 Å². The lowest BCUT2D eigenvalue weighted by atomic mass is 9.90. The van der Waals surface area contributed by atoms with Gasteiger partial charge in [-0.15, -0.1) is 0 Å². The van der Waals surface area contributed by atoms with Crippen LogP contribution in [-0.4, -0.2) is 24.8 Å². The summed E-state index contributed by atoms with van der Waals surface area (Å²) in [5, 5.41) is 0. The van der Waals surface area contributed by atoms with E-state index in [2.05, 4.69) is 0 Å². The van der Waals surface area contributed by atoms with Crippen LogP contribution in [0.5, 0.6) is 11.5 Å². The van der Waals surface area contributed by atoms with Crippen molar-refractivity contribution < 1.29 is 19.0 Å². The molecule has 18 heavy (non-hydrogen) atoms. The SMILES string of the molecule is O=C(OCC1CCC2OC2C1)c1ccc2c(c1)O2. The summed E-state index contributed by atoms with van der Waals surface area (Å²) in [4.78, 5) is 11.8. The van der Waals surface area contributed by atoms with E-state index in [0.29, 0.717) is 30.3 Å². The first-order valence-electron chi connectivity index (χ1n) is 6.44. The van der Waals surface area contributed by atoms with Crippen molar-refractivity contribution in [2.75, 3.05) is 6.61 Å². The first kappa shape index (κ1) is 10.4. The van der Waals surface area contributed by atoms with E-state index in [0.717, 1.165) is 30.8 Å². The molecule has 1 saturated carbocycles. The Kier molecular flexibility index (Phi) is 2.14. The first-order valence-corrected chi connectivity index (χ1v) is 6.44. The maximum atomic E-state index is 11.8. The van der Waals surface area contributed by atoms with E-state index >= 15 is 0 Å². The highest BCUT2D eigenvalue weighted by atomic mass is 16.6. The molecule has 0 N–H and O–H groups in total. The maximum absolute atomic E-state index is 11.8. The minimum atomic E-state index is -0.257. The number of fused-ring (bicyclic) bond motifs is 2. The van der Waals surface area contributed by atoms with E-state index in [-0.39, 0.29) is 5.97 Å². The number of epoxide rings is 1. The molecule has 4 nitrogen and oxygen atoms in total. The topological polar surface area (TPSA) is 51.4 Å². The van der Waals surface area contributed by atoms with Crippen LogP contribution in [0.4, 0.5) is 0 Å². The zero-order valence-corrected chi connectivity index (χ0v) is 9.93. The average molecular weight is 246 g/mol. The molecule has 4 heteroatoms. The average Bonchev–Trinajstić information content (AvgIpc) is 3.26. The highest BCUT2D eigenvalue weighted by Gasteiger charge is 2.44. The zero-order valence-electron chi connectivity index (χ0n) is 9.93. The van der Waals surface area contributed by atoms with Crippen molar-refractivity contribution in [2.45, 2.75) is 31.5 Å². The lowest BCUT2D eigenvalue weighted by molar-refractivity contribution is 0.0416. The lowest BCUT2D eigenvalue weighted by Crippen LogP contribution is -2.20. The molecule has 4 rings (SSSR count). The standard InChI is InChI=1S/C14H14O4/c15-14(9-2-4-11-13(6-9)18-11)16-7-8-1-3-10-12(5-8)17-10/h2,4,6,8,10,12H,1,3,5,7H2. The van der Waals surface area contributed by atoms with Crippen LogP contribution in [-0.2, 0) is 9.47 Å². The third-order valence-electron chi connectivity index (χ3n) is 3.92. The van der Waals surface area contributed by atoms with Gasteiger partial charge in [0.05, 0.1) is 24.4 Å². The number of hydrogen-bond acceptors (Lipinski definition) is 4. The third-order valence-corrected chi connectivity index (χ3v) is 3.92. The predicted octanol–water partition coefficient (Wildman–Crippen LogP) is 2.52. The van der Waals surface area contributed by atoms with Gasteiger partial charge in [0.25, 0.3) is 0 Å². The van der Waals surface area contributed by atoms with E-state index in [9.17, 15) is 4.79 Å². The van der Waals surface area contributed by atoms with E-state index < -0.39 is 0 Å². The van der Waals surface area contributed by atoms with E-state index in [4.69, 9.17) is 14.2 Å². The number of esters is 1. The number of carbonyl (C=O) groups excluding carboxylic acids is 1. The molecular weight excluding hydrogens is 232 g/mol. The summed E-state index contributed by atoms with van der Waals surface area (Å²) < 4.78 is 15.9. The molecule has 2 heterocycles. The molecular formula is C14H14O4. The van der Waals surface area contributed by atoms with E-state index in [1.807, 2.05) is 0 Å². The van der Waals surface area contributed by atoms with Crippen molar-refractivity contribution in [1.82, 2.24) is 0 Å². The molecule has 3 unspecified atom stereocenters. The van der Waals surface area contributed by atoms with Crippen LogP contribution >= 0.6 is 0 Å². The molecule has 94 valence electrons. The molecule has 1 aromatic rings. The summed E-state index contributed by atoms with van der Waals surface area (Å²) in [6.45, 7) is 0.503. The fourth-order valence-corrected chi connectivity index (χ4v) is 2.71. The van der Waals surface area contributed by atoms with Gasteiger partial charge in [0, 0.05) is 0 Å². The quantitative estimate of drug-likeness (QED) is 0.616. The lowest BCUT2D eigenvalue weighted by Gasteiger charge is -2.18. The third kappa shape index (κ3) is 1.86. The summed E-state index contributed by atoms with van der Waals surface area (Å²) >= 11 is 0. The Labute approximate surface area is 105 Å². The summed E-state index contributed by atoms with van der Waals surface area (Å²) in [5.41, 5.74) is 0.572. The molecule has 1 aliphatic carbocycles. The normalized spacial score (nSPS) is 30.8. The molecule has 0 spiro atoms. The predicted molar refractivity (Wildman–Crippen MR) is 62.8 cm³/mol. The van der Waals surface area contributed by atoms with Gasteiger partial charge in [-0.05, 0) is 43.4 Å². The van der Waals surface area contributed by atoms with Gasteiger partial charge < -0.3 is 14.2 Å². The summed E-state index contributed by atoms with van der Waals surface area (Å²) in [5.74, 6) is 1.84. The number of benzene rings is 1. The highest BCUT2D eigenvalue weighted by molar-refractivity contribution is 5.91. The van der Waals surface area contributed by atoms with E-state index in [1.54, 1.807) is 18.2 Å². The summed E-state index contributed by atoms with van der Waals surface area (Å²) in [6, 6.07) is 5.28. The molecule has 3 aliphatic rings. The maximum Gasteiger partial charge on any atom is 0.338 e. The van der Waals surface area contributed by atoms with Crippen LogP contribution in [0.2, 0.25) is 0 Å². The molecule has 0 bridgehead atoms. The van der Waals surface area contributed by atoms with Crippen molar-refractivity contribution >= 4 is 5.97 Å². The Morgan fingerprint density at radius 1 is 1.28 bits per heavy atom. The van der Waals surface area contributed by atoms with Crippen LogP contribution in [0.1, 0.15) is 29.6 Å². The Morgan fingerprint density at radius 2 is 2.22 bits per heavy atom. The van der Waals surface area contributed by atoms with Crippen molar-refractivity contribution in [3.8, 4) is 11.5 Å². The Hall–Kier alpha value is -1.55. The second kappa shape index (κ2) is 3.72. The minimum absolute atomic E-state index is 0.257. The first-order chi connectivity index (χ1) is 8.79. The van der Waals surface area contributed by atoms with Gasteiger partial charge in [0.2, 0.25) is 0 Å². The van der Waals surface area contributed by atoms with Crippen LogP contribution in [0, 0.1) is 5.92 Å². The van der Waals surface area contributed by atoms with Gasteiger partial charge >= 0.3 is 5.97 Å². The molecule has 3 atom stereocenters. The highest BCUT2D eigenvalue weighted by Crippen LogP contribution is 2.45. The molecule has 2 aliphatic heterocycles. The number of carbonyl (C=O) groups is 1. The monoisotopic (exact) mass is 246 g/mol. The van der Waals surface area contributed by atoms with Crippen molar-refractivity contribution in [2.24, 2.45) is 5.92 Å². The van der Waals surface area contributed by atoms with Crippen LogP contribution in [0.3, 0.4) is 0 Å². The van der Waals surface area contributed by atoms with Crippen LogP contribution < -0.4 is 4.74 Å². The molecule has 0 radical (unpaired) electrons. The second-order valence-corrected chi connectivity index (χ2v) is 5.25. The van der Waals surface area contributed by atoms with Gasteiger partial charge in [-0.1, -0.05) is 0 Å². The molecule has 1 saturated heterocycles. The van der Waals surface area contributed by atoms with Crippen molar-refractivity contribution in [3.05, 3.63) is 23.8 Å². The summed E-state index contributed by atoms with van der Waals surface area (Å²) in [6.07, 6.45) is 4.18. The van der Waals surface area contributed by atoms with Crippen molar-refractivity contribution in [1.29, 1.82) is 0 Å². The number of hydrogen-bond donors (Lipinski definition) is 0. The Balaban J connectivity index is 1.33. The van der Waals surface area contributed by atoms with E-state index in [1.165, 1.54) is 0 Å². The van der Waals surface area contributed by atoms with Crippen LogP contribution in [0.15, 0.2) is 18.2 Å². The zero-order chi connectivity index (χ0) is 12.1. The van der Waals surface area contributed by atoms with Gasteiger partial charge in [-0.2, -0.15) is 0 Å². The summed E-state index contributed by atoms with van der Waals surface area (Å²) in [7, 11) is 0. The second-order valence-electron chi connectivity index (χ2n) is 5.25. The van der Waals surface area contributed by atoms with Gasteiger partial charge in [0.15, 0.2) is 11.5 Å². The molecule has 2 fully saturated rings. The Bertz CT molecular complexity index is 511. The van der Waals surface area contributed by atoms with Gasteiger partial charge in [0.1, 0.15) is 0 Å². The molecule has 0 amide bonds. The number of ether oxygens (including phenoxy) is 3. The van der Waals surface area contributed by atoms with Crippen LogP contribution in [0.25, 0.3) is 0 Å². The fraction of sp³-hybridized carbons (Fsp3) is 0.500. The smallest absolute Gasteiger partial charge is 0.338 e. The number of rotatable bonds is 3. The fourth-order valence-electron chi connectivity index (χ4n) is 2.71. The van der Waals surface area contributed by atoms with Gasteiger partial charge in [-0.25, -0.2) is 4.79 Å². The molecule has 1 aromatic carbocycles. The Morgan fingerprint density at radius 3 is 3.06 bits per heavy atom. The largest absolute Gasteiger partial charge is 0.462 e. The minimum Gasteiger partial charge on any atom is -0.462 e. The van der Waals surface area contributed by atoms with Crippen molar-refractivity contribution in [3.63, 3.8) is 0 Å².